The van der Waals surface area contributed by atoms with Crippen LogP contribution >= 0.6 is 0 Å². The number of carbonyl (C=O) groups excluding carboxylic acids is 1. The van der Waals surface area contributed by atoms with E-state index in [0.717, 1.165) is 11.8 Å². The van der Waals surface area contributed by atoms with Gasteiger partial charge in [-0.25, -0.2) is 0 Å². The monoisotopic (exact) mass is 202 g/mol. The predicted octanol–water partition coefficient (Wildman–Crippen LogP) is 3.50. The lowest BCUT2D eigenvalue weighted by Crippen LogP contribution is -2.11. The minimum absolute atomic E-state index is 0.149. The zero-order chi connectivity index (χ0) is 11.5. The van der Waals surface area contributed by atoms with Crippen LogP contribution in [0.5, 0.6) is 0 Å². The molecule has 0 aliphatic carbocycles. The van der Waals surface area contributed by atoms with Gasteiger partial charge < -0.3 is 0 Å². The van der Waals surface area contributed by atoms with Gasteiger partial charge in [0, 0.05) is 0 Å². The molecule has 0 fully saturated rings. The Hall–Kier alpha value is -1.37. The Morgan fingerprint density at radius 1 is 1.13 bits per heavy atom. The van der Waals surface area contributed by atoms with E-state index in [0.29, 0.717) is 0 Å². The molecule has 1 aromatic carbocycles. The second kappa shape index (κ2) is 4.43. The van der Waals surface area contributed by atoms with Crippen molar-refractivity contribution in [1.82, 2.24) is 0 Å². The van der Waals surface area contributed by atoms with E-state index in [2.05, 4.69) is 45.9 Å². The normalized spacial score (nSPS) is 12.0. The number of hydrogen-bond acceptors (Lipinski definition) is 1. The van der Waals surface area contributed by atoms with Gasteiger partial charge >= 0.3 is 0 Å². The molecule has 0 heterocycles. The molecule has 0 radical (unpaired) electrons. The molecular formula is C14H18O. The zero-order valence-electron chi connectivity index (χ0n) is 9.87. The Morgan fingerprint density at radius 2 is 1.80 bits per heavy atom. The fourth-order valence-electron chi connectivity index (χ4n) is 1.49. The molecule has 0 saturated heterocycles. The fraction of sp³-hybridized carbons (Fsp3) is 0.357. The number of rotatable bonds is 2. The Morgan fingerprint density at radius 3 is 2.33 bits per heavy atom. The summed E-state index contributed by atoms with van der Waals surface area (Å²) in [4.78, 5) is 10.3. The van der Waals surface area contributed by atoms with Crippen LogP contribution in [-0.2, 0) is 10.2 Å². The molecule has 1 rings (SSSR count). The number of carbonyl (C=O) groups is 1. The van der Waals surface area contributed by atoms with Crippen LogP contribution in [0.3, 0.4) is 0 Å². The van der Waals surface area contributed by atoms with Crippen molar-refractivity contribution in [3.8, 4) is 0 Å². The molecule has 0 saturated carbocycles. The first-order chi connectivity index (χ1) is 6.93. The summed E-state index contributed by atoms with van der Waals surface area (Å²) in [6, 6.07) is 6.40. The van der Waals surface area contributed by atoms with Gasteiger partial charge in [0.05, 0.1) is 0 Å². The van der Waals surface area contributed by atoms with Crippen molar-refractivity contribution in [3.63, 3.8) is 0 Å². The number of allylic oxidation sites excluding steroid dienone is 1. The van der Waals surface area contributed by atoms with Crippen LogP contribution in [0.2, 0.25) is 0 Å². The van der Waals surface area contributed by atoms with Gasteiger partial charge in [0.25, 0.3) is 0 Å². The number of benzene rings is 1. The van der Waals surface area contributed by atoms with Crippen molar-refractivity contribution < 1.29 is 4.79 Å². The van der Waals surface area contributed by atoms with Crippen LogP contribution in [0.15, 0.2) is 24.3 Å². The minimum atomic E-state index is 0.149. The first-order valence-corrected chi connectivity index (χ1v) is 5.17. The summed E-state index contributed by atoms with van der Waals surface area (Å²) >= 11 is 0. The van der Waals surface area contributed by atoms with Gasteiger partial charge in [-0.15, -0.1) is 0 Å². The van der Waals surface area contributed by atoms with Crippen LogP contribution in [0.4, 0.5) is 0 Å². The third-order valence-electron chi connectivity index (χ3n) is 2.33. The van der Waals surface area contributed by atoms with E-state index in [1.807, 2.05) is 6.08 Å². The molecule has 0 spiro atoms. The fourth-order valence-corrected chi connectivity index (χ4v) is 1.49. The van der Waals surface area contributed by atoms with E-state index in [9.17, 15) is 4.79 Å². The van der Waals surface area contributed by atoms with E-state index < -0.39 is 0 Å². The van der Waals surface area contributed by atoms with Gasteiger partial charge in [-0.05, 0) is 29.5 Å². The summed E-state index contributed by atoms with van der Waals surface area (Å²) in [6.07, 6.45) is 4.18. The molecule has 0 bridgehead atoms. The highest BCUT2D eigenvalue weighted by Gasteiger charge is 2.13. The first-order valence-electron chi connectivity index (χ1n) is 5.17. The van der Waals surface area contributed by atoms with E-state index >= 15 is 0 Å². The van der Waals surface area contributed by atoms with E-state index in [1.165, 1.54) is 17.2 Å². The quantitative estimate of drug-likeness (QED) is 0.530. The average Bonchev–Trinajstić information content (AvgIpc) is 2.12. The number of aldehydes is 1. The van der Waals surface area contributed by atoms with Gasteiger partial charge in [0.1, 0.15) is 6.29 Å². The second-order valence-electron chi connectivity index (χ2n) is 4.88. The third kappa shape index (κ3) is 3.35. The van der Waals surface area contributed by atoms with Gasteiger partial charge in [-0.1, -0.05) is 50.6 Å². The van der Waals surface area contributed by atoms with Gasteiger partial charge in [0.15, 0.2) is 0 Å². The maximum Gasteiger partial charge on any atom is 0.142 e. The maximum absolute atomic E-state index is 10.3. The van der Waals surface area contributed by atoms with E-state index in [1.54, 1.807) is 0 Å². The molecule has 1 nitrogen and oxygen atoms in total. The van der Waals surface area contributed by atoms with Crippen molar-refractivity contribution in [3.05, 3.63) is 41.0 Å². The molecule has 0 unspecified atom stereocenters. The summed E-state index contributed by atoms with van der Waals surface area (Å²) in [7, 11) is 0. The summed E-state index contributed by atoms with van der Waals surface area (Å²) < 4.78 is 0. The van der Waals surface area contributed by atoms with Gasteiger partial charge in [-0.3, -0.25) is 4.79 Å². The van der Waals surface area contributed by atoms with Crippen molar-refractivity contribution in [1.29, 1.82) is 0 Å². The van der Waals surface area contributed by atoms with Crippen LogP contribution in [0, 0.1) is 6.92 Å². The summed E-state index contributed by atoms with van der Waals surface area (Å²) in [5.41, 5.74) is 3.77. The largest absolute Gasteiger partial charge is 0.299 e. The number of aryl methyl sites for hydroxylation is 1. The van der Waals surface area contributed by atoms with E-state index in [4.69, 9.17) is 0 Å². The Labute approximate surface area is 91.8 Å². The lowest BCUT2D eigenvalue weighted by atomic mass is 9.85. The highest BCUT2D eigenvalue weighted by atomic mass is 16.1. The van der Waals surface area contributed by atoms with Crippen LogP contribution in [-0.4, -0.2) is 6.29 Å². The summed E-state index contributed by atoms with van der Waals surface area (Å²) in [5, 5.41) is 0. The first kappa shape index (κ1) is 11.7. The molecule has 0 aliphatic rings. The lowest BCUT2D eigenvalue weighted by Gasteiger charge is -2.20. The summed E-state index contributed by atoms with van der Waals surface area (Å²) in [6.45, 7) is 8.65. The van der Waals surface area contributed by atoms with Crippen molar-refractivity contribution in [2.45, 2.75) is 33.1 Å². The predicted molar refractivity (Wildman–Crippen MR) is 65.0 cm³/mol. The van der Waals surface area contributed by atoms with Gasteiger partial charge in [0.2, 0.25) is 0 Å². The molecule has 0 aromatic heterocycles. The molecule has 1 heteroatoms. The molecule has 80 valence electrons. The Bertz CT molecular complexity index is 381. The Kier molecular flexibility index (Phi) is 3.46. The standard InChI is InChI=1S/C14H18O/c1-11-8-12(6-5-7-15)10-13(9-11)14(2,3)4/h5-10H,1-4H3/b6-5+. The second-order valence-corrected chi connectivity index (χ2v) is 4.88. The molecule has 1 aromatic rings. The minimum Gasteiger partial charge on any atom is -0.299 e. The molecule has 0 aliphatic heterocycles. The summed E-state index contributed by atoms with van der Waals surface area (Å²) in [5.74, 6) is 0. The highest BCUT2D eigenvalue weighted by Crippen LogP contribution is 2.24. The molecule has 0 N–H and O–H groups in total. The van der Waals surface area contributed by atoms with Crippen molar-refractivity contribution in [2.24, 2.45) is 0 Å². The van der Waals surface area contributed by atoms with Crippen LogP contribution in [0.25, 0.3) is 6.08 Å². The Balaban J connectivity index is 3.16. The lowest BCUT2D eigenvalue weighted by molar-refractivity contribution is -0.104. The molecule has 15 heavy (non-hydrogen) atoms. The van der Waals surface area contributed by atoms with E-state index in [-0.39, 0.29) is 5.41 Å². The van der Waals surface area contributed by atoms with Crippen LogP contribution < -0.4 is 0 Å². The van der Waals surface area contributed by atoms with Crippen molar-refractivity contribution in [2.75, 3.05) is 0 Å². The number of hydrogen-bond donors (Lipinski definition) is 0. The maximum atomic E-state index is 10.3. The topological polar surface area (TPSA) is 17.1 Å². The van der Waals surface area contributed by atoms with Gasteiger partial charge in [-0.2, -0.15) is 0 Å². The zero-order valence-corrected chi connectivity index (χ0v) is 9.87. The molecule has 0 atom stereocenters. The SMILES string of the molecule is Cc1cc(/C=C/C=O)cc(C(C)(C)C)c1. The molecular weight excluding hydrogens is 184 g/mol. The van der Waals surface area contributed by atoms with Crippen molar-refractivity contribution >= 4 is 12.4 Å². The third-order valence-corrected chi connectivity index (χ3v) is 2.33. The molecule has 0 amide bonds. The van der Waals surface area contributed by atoms with Crippen LogP contribution in [0.1, 0.15) is 37.5 Å². The average molecular weight is 202 g/mol. The highest BCUT2D eigenvalue weighted by molar-refractivity contribution is 5.74. The smallest absolute Gasteiger partial charge is 0.142 e.